The van der Waals surface area contributed by atoms with Gasteiger partial charge in [-0.3, -0.25) is 4.79 Å². The number of amides is 1. The van der Waals surface area contributed by atoms with Crippen LogP contribution in [-0.2, 0) is 29.7 Å². The van der Waals surface area contributed by atoms with Gasteiger partial charge in [0, 0.05) is 75.2 Å². The summed E-state index contributed by atoms with van der Waals surface area (Å²) in [6.45, 7) is 2.69. The van der Waals surface area contributed by atoms with Crippen molar-refractivity contribution < 1.29 is 13.2 Å². The number of rotatable bonds is 6. The first kappa shape index (κ1) is 27.3. The Kier molecular flexibility index (Phi) is 7.40. The number of carbonyl (C=O) groups is 1. The SMILES string of the molecule is CN1Cc2nc(C(=O)N3CCN(S(=O)(=O)c4ccc5cc(Cl)ccc5c4)CC3CCn3ccnc3)sc2CN1C. The molecule has 0 radical (unpaired) electrons. The Hall–Kier alpha value is -2.87. The van der Waals surface area contributed by atoms with Crippen LogP contribution in [0.5, 0.6) is 0 Å². The van der Waals surface area contributed by atoms with E-state index in [1.54, 1.807) is 36.8 Å². The molecule has 2 aromatic carbocycles. The maximum Gasteiger partial charge on any atom is 0.283 e. The zero-order valence-corrected chi connectivity index (χ0v) is 24.7. The molecule has 13 heteroatoms. The van der Waals surface area contributed by atoms with Crippen LogP contribution in [0.15, 0.2) is 60.0 Å². The summed E-state index contributed by atoms with van der Waals surface area (Å²) in [6.07, 6.45) is 5.89. The molecule has 0 saturated carbocycles. The summed E-state index contributed by atoms with van der Waals surface area (Å²) in [4.78, 5) is 25.8. The monoisotopic (exact) mass is 599 g/mol. The van der Waals surface area contributed by atoms with E-state index in [2.05, 4.69) is 15.0 Å². The van der Waals surface area contributed by atoms with E-state index >= 15 is 0 Å². The zero-order valence-electron chi connectivity index (χ0n) is 22.3. The highest BCUT2D eigenvalue weighted by molar-refractivity contribution is 7.89. The van der Waals surface area contributed by atoms with E-state index in [1.807, 2.05) is 41.9 Å². The van der Waals surface area contributed by atoms with Crippen molar-refractivity contribution >= 4 is 49.6 Å². The van der Waals surface area contributed by atoms with Crippen LogP contribution in [0.25, 0.3) is 10.8 Å². The summed E-state index contributed by atoms with van der Waals surface area (Å²) in [5.74, 6) is -0.139. The molecule has 1 unspecified atom stereocenters. The second-order valence-corrected chi connectivity index (χ2v) is 13.7. The van der Waals surface area contributed by atoms with Crippen molar-refractivity contribution in [3.8, 4) is 0 Å². The van der Waals surface area contributed by atoms with E-state index in [1.165, 1.54) is 15.6 Å². The van der Waals surface area contributed by atoms with Crippen molar-refractivity contribution in [1.29, 1.82) is 0 Å². The first-order chi connectivity index (χ1) is 19.2. The molecule has 10 nitrogen and oxygen atoms in total. The molecular weight excluding hydrogens is 570 g/mol. The van der Waals surface area contributed by atoms with Crippen molar-refractivity contribution in [2.45, 2.75) is 37.0 Å². The minimum Gasteiger partial charge on any atom is -0.337 e. The fourth-order valence-electron chi connectivity index (χ4n) is 5.29. The number of piperazine rings is 1. The number of hydrazine groups is 1. The average Bonchev–Trinajstić information content (AvgIpc) is 3.61. The highest BCUT2D eigenvalue weighted by Gasteiger charge is 2.38. The Labute approximate surface area is 242 Å². The lowest BCUT2D eigenvalue weighted by atomic mass is 10.1. The van der Waals surface area contributed by atoms with Crippen LogP contribution in [0.2, 0.25) is 5.02 Å². The normalized spacial score (nSPS) is 19.3. The standard InChI is InChI=1S/C27H30ClN7O3S2/c1-31-16-24-25(17-32(31)2)39-26(30-24)27(36)35-12-11-34(15-22(35)7-9-33-10-8-29-18-33)40(37,38)23-6-4-19-13-21(28)5-3-20(19)14-23/h3-6,8,10,13-14,18,22H,7,9,11-12,15-17H2,1-2H3. The molecule has 0 bridgehead atoms. The van der Waals surface area contributed by atoms with Gasteiger partial charge in [-0.15, -0.1) is 11.3 Å². The fourth-order valence-corrected chi connectivity index (χ4v) is 8.05. The third-order valence-corrected chi connectivity index (χ3v) is 10.9. The first-order valence-electron chi connectivity index (χ1n) is 13.1. The van der Waals surface area contributed by atoms with Gasteiger partial charge < -0.3 is 9.47 Å². The molecule has 2 aromatic heterocycles. The predicted octanol–water partition coefficient (Wildman–Crippen LogP) is 3.54. The van der Waals surface area contributed by atoms with Gasteiger partial charge in [-0.2, -0.15) is 4.31 Å². The number of nitrogens with zero attached hydrogens (tertiary/aromatic N) is 7. The molecule has 6 rings (SSSR count). The number of fused-ring (bicyclic) bond motifs is 2. The lowest BCUT2D eigenvalue weighted by Crippen LogP contribution is -2.56. The maximum absolute atomic E-state index is 13.8. The van der Waals surface area contributed by atoms with Gasteiger partial charge in [0.1, 0.15) is 0 Å². The number of halogens is 1. The number of aromatic nitrogens is 3. The smallest absolute Gasteiger partial charge is 0.283 e. The molecule has 1 atom stereocenters. The van der Waals surface area contributed by atoms with Gasteiger partial charge in [-0.25, -0.2) is 28.4 Å². The van der Waals surface area contributed by atoms with Crippen LogP contribution >= 0.6 is 22.9 Å². The van der Waals surface area contributed by atoms with Gasteiger partial charge >= 0.3 is 0 Å². The zero-order chi connectivity index (χ0) is 28.0. The van der Waals surface area contributed by atoms with Crippen molar-refractivity contribution in [3.05, 3.63) is 75.7 Å². The third-order valence-electron chi connectivity index (χ3n) is 7.69. The van der Waals surface area contributed by atoms with E-state index in [-0.39, 0.29) is 29.9 Å². The maximum atomic E-state index is 13.8. The molecule has 0 spiro atoms. The molecule has 210 valence electrons. The van der Waals surface area contributed by atoms with Crippen molar-refractivity contribution in [1.82, 2.24) is 33.8 Å². The highest BCUT2D eigenvalue weighted by Crippen LogP contribution is 2.30. The Morgan fingerprint density at radius 3 is 2.65 bits per heavy atom. The molecular formula is C27H30ClN7O3S2. The Balaban J connectivity index is 1.26. The molecule has 1 amide bonds. The first-order valence-corrected chi connectivity index (χ1v) is 15.7. The Bertz CT molecular complexity index is 1630. The molecule has 0 N–H and O–H groups in total. The Morgan fingerprint density at radius 2 is 1.85 bits per heavy atom. The highest BCUT2D eigenvalue weighted by atomic mass is 35.5. The van der Waals surface area contributed by atoms with Crippen LogP contribution in [0.1, 0.15) is 26.8 Å². The lowest BCUT2D eigenvalue weighted by molar-refractivity contribution is -0.00173. The van der Waals surface area contributed by atoms with E-state index < -0.39 is 10.0 Å². The number of imidazole rings is 1. The molecule has 1 saturated heterocycles. The van der Waals surface area contributed by atoms with Gasteiger partial charge in [-0.05, 0) is 41.5 Å². The number of thiazole rings is 1. The number of benzene rings is 2. The van der Waals surface area contributed by atoms with Gasteiger partial charge in [0.05, 0.1) is 23.5 Å². The van der Waals surface area contributed by atoms with Gasteiger partial charge in [-0.1, -0.05) is 23.7 Å². The topological polar surface area (TPSA) is 94.9 Å². The summed E-state index contributed by atoms with van der Waals surface area (Å²) in [6, 6.07) is 10.2. The summed E-state index contributed by atoms with van der Waals surface area (Å²) < 4.78 is 31.0. The molecule has 2 aliphatic rings. The number of sulfonamides is 1. The lowest BCUT2D eigenvalue weighted by Gasteiger charge is -2.40. The molecule has 40 heavy (non-hydrogen) atoms. The summed E-state index contributed by atoms with van der Waals surface area (Å²) in [5.41, 5.74) is 0.933. The van der Waals surface area contributed by atoms with Crippen molar-refractivity contribution in [3.63, 3.8) is 0 Å². The van der Waals surface area contributed by atoms with Crippen LogP contribution < -0.4 is 0 Å². The van der Waals surface area contributed by atoms with Gasteiger partial charge in [0.25, 0.3) is 5.91 Å². The van der Waals surface area contributed by atoms with E-state index in [4.69, 9.17) is 16.6 Å². The van der Waals surface area contributed by atoms with Gasteiger partial charge in [0.2, 0.25) is 10.0 Å². The van der Waals surface area contributed by atoms with Crippen LogP contribution in [0, 0.1) is 0 Å². The summed E-state index contributed by atoms with van der Waals surface area (Å²) in [7, 11) is 0.237. The van der Waals surface area contributed by atoms with Crippen molar-refractivity contribution in [2.75, 3.05) is 33.7 Å². The third kappa shape index (κ3) is 5.27. The summed E-state index contributed by atoms with van der Waals surface area (Å²) >= 11 is 7.55. The molecule has 4 heterocycles. The molecule has 0 aliphatic carbocycles. The van der Waals surface area contributed by atoms with Crippen LogP contribution in [-0.4, -0.2) is 87.9 Å². The molecule has 2 aliphatic heterocycles. The number of carbonyl (C=O) groups excluding carboxylic acids is 1. The number of hydrogen-bond acceptors (Lipinski definition) is 8. The second-order valence-electron chi connectivity index (χ2n) is 10.3. The quantitative estimate of drug-likeness (QED) is 0.335. The fraction of sp³-hybridized carbons (Fsp3) is 0.370. The minimum atomic E-state index is -3.78. The van der Waals surface area contributed by atoms with Crippen LogP contribution in [0.3, 0.4) is 0 Å². The molecule has 1 fully saturated rings. The number of hydrogen-bond donors (Lipinski definition) is 0. The van der Waals surface area contributed by atoms with Crippen molar-refractivity contribution in [2.24, 2.45) is 0 Å². The predicted molar refractivity (Wildman–Crippen MR) is 154 cm³/mol. The minimum absolute atomic E-state index is 0.139. The Morgan fingerprint density at radius 1 is 1.07 bits per heavy atom. The van der Waals surface area contributed by atoms with Gasteiger partial charge in [0.15, 0.2) is 5.01 Å². The van der Waals surface area contributed by atoms with E-state index in [0.717, 1.165) is 21.3 Å². The largest absolute Gasteiger partial charge is 0.337 e. The van der Waals surface area contributed by atoms with E-state index in [9.17, 15) is 13.2 Å². The van der Waals surface area contributed by atoms with Crippen LogP contribution in [0.4, 0.5) is 0 Å². The van der Waals surface area contributed by atoms with E-state index in [0.29, 0.717) is 42.6 Å². The second kappa shape index (κ2) is 10.8. The average molecular weight is 600 g/mol. The summed E-state index contributed by atoms with van der Waals surface area (Å²) in [5, 5.41) is 6.93. The molecule has 4 aromatic rings. The number of aryl methyl sites for hydroxylation is 1.